The van der Waals surface area contributed by atoms with Gasteiger partial charge in [-0.15, -0.1) is 5.10 Å². The lowest BCUT2D eigenvalue weighted by Crippen LogP contribution is -2.55. The smallest absolute Gasteiger partial charge is 0.303 e. The lowest BCUT2D eigenvalue weighted by Gasteiger charge is -2.37. The molecule has 2 aliphatic rings. The van der Waals surface area contributed by atoms with Crippen LogP contribution in [-0.4, -0.2) is 94.4 Å². The summed E-state index contributed by atoms with van der Waals surface area (Å²) in [6.45, 7) is 9.96. The Morgan fingerprint density at radius 1 is 0.944 bits per heavy atom. The molecule has 5 rings (SSSR count). The summed E-state index contributed by atoms with van der Waals surface area (Å²) >= 11 is 0. The third-order valence-electron chi connectivity index (χ3n) is 6.53. The number of nitrogens with zero attached hydrogens (tertiary/aromatic N) is 7. The topological polar surface area (TPSA) is 105 Å². The first-order valence-corrected chi connectivity index (χ1v) is 12.2. The average molecular weight is 494 g/mol. The summed E-state index contributed by atoms with van der Waals surface area (Å²) in [4.78, 5) is 39.3. The number of ether oxygens (including phenoxy) is 2. The highest BCUT2D eigenvalue weighted by Gasteiger charge is 2.36. The Labute approximate surface area is 209 Å². The van der Waals surface area contributed by atoms with Crippen molar-refractivity contribution in [3.8, 4) is 11.3 Å². The van der Waals surface area contributed by atoms with E-state index in [1.807, 2.05) is 11.0 Å². The van der Waals surface area contributed by atoms with Crippen molar-refractivity contribution in [2.75, 3.05) is 62.3 Å². The minimum Gasteiger partial charge on any atom is -0.450 e. The van der Waals surface area contributed by atoms with Crippen molar-refractivity contribution in [2.45, 2.75) is 26.4 Å². The number of aromatic nitrogens is 4. The highest BCUT2D eigenvalue weighted by atomic mass is 16.6. The fraction of sp³-hybridized carbons (Fsp3) is 0.480. The second-order valence-electron chi connectivity index (χ2n) is 9.48. The molecule has 2 saturated heterocycles. The zero-order valence-corrected chi connectivity index (χ0v) is 20.9. The fourth-order valence-electron chi connectivity index (χ4n) is 4.69. The van der Waals surface area contributed by atoms with Crippen LogP contribution < -0.4 is 9.80 Å². The number of anilines is 2. The molecule has 0 atom stereocenters. The van der Waals surface area contributed by atoms with Crippen LogP contribution in [0, 0.1) is 0 Å². The van der Waals surface area contributed by atoms with Gasteiger partial charge in [-0.05, 0) is 32.0 Å². The van der Waals surface area contributed by atoms with Crippen molar-refractivity contribution < 1.29 is 19.1 Å². The largest absolute Gasteiger partial charge is 0.450 e. The second-order valence-corrected chi connectivity index (χ2v) is 9.48. The van der Waals surface area contributed by atoms with Crippen LogP contribution in [0.4, 0.5) is 11.6 Å². The van der Waals surface area contributed by atoms with Crippen molar-refractivity contribution in [2.24, 2.45) is 0 Å². The highest BCUT2D eigenvalue weighted by molar-refractivity contribution is 5.87. The molecular formula is C25H31N7O4. The SMILES string of the molecule is CC(=O)OC(C)(C)C(=O)N1CCN(c2nc3nccc(-c4ccc(N5CCOCC5)cc4)n3n2)CC1. The van der Waals surface area contributed by atoms with Crippen molar-refractivity contribution in [1.82, 2.24) is 24.5 Å². The monoisotopic (exact) mass is 493 g/mol. The van der Waals surface area contributed by atoms with Gasteiger partial charge in [0.1, 0.15) is 0 Å². The number of carbonyl (C=O) groups is 2. The molecular weight excluding hydrogens is 462 g/mol. The Balaban J connectivity index is 1.30. The molecule has 0 radical (unpaired) electrons. The van der Waals surface area contributed by atoms with Crippen LogP contribution in [0.2, 0.25) is 0 Å². The molecule has 0 N–H and O–H groups in total. The molecule has 2 aliphatic heterocycles. The minimum absolute atomic E-state index is 0.204. The van der Waals surface area contributed by atoms with Crippen LogP contribution in [-0.2, 0) is 19.1 Å². The lowest BCUT2D eigenvalue weighted by molar-refractivity contribution is -0.168. The van der Waals surface area contributed by atoms with Gasteiger partial charge in [0.15, 0.2) is 5.60 Å². The highest BCUT2D eigenvalue weighted by Crippen LogP contribution is 2.25. The first-order chi connectivity index (χ1) is 17.3. The molecule has 11 heteroatoms. The van der Waals surface area contributed by atoms with Crippen LogP contribution >= 0.6 is 0 Å². The molecule has 0 aliphatic carbocycles. The number of carbonyl (C=O) groups excluding carboxylic acids is 2. The van der Waals surface area contributed by atoms with Gasteiger partial charge in [0.05, 0.1) is 18.9 Å². The summed E-state index contributed by atoms with van der Waals surface area (Å²) in [6, 6.07) is 10.4. The first kappa shape index (κ1) is 24.0. The van der Waals surface area contributed by atoms with Crippen LogP contribution in [0.3, 0.4) is 0 Å². The van der Waals surface area contributed by atoms with Gasteiger partial charge < -0.3 is 24.2 Å². The van der Waals surface area contributed by atoms with E-state index in [2.05, 4.69) is 39.1 Å². The fourth-order valence-corrected chi connectivity index (χ4v) is 4.69. The zero-order chi connectivity index (χ0) is 25.3. The number of esters is 1. The van der Waals surface area contributed by atoms with E-state index in [1.54, 1.807) is 29.5 Å². The van der Waals surface area contributed by atoms with E-state index in [1.165, 1.54) is 12.6 Å². The van der Waals surface area contributed by atoms with Gasteiger partial charge in [-0.2, -0.15) is 9.50 Å². The molecule has 4 heterocycles. The summed E-state index contributed by atoms with van der Waals surface area (Å²) in [6.07, 6.45) is 1.74. The van der Waals surface area contributed by atoms with Crippen LogP contribution in [0.5, 0.6) is 0 Å². The summed E-state index contributed by atoms with van der Waals surface area (Å²) < 4.78 is 12.4. The van der Waals surface area contributed by atoms with Crippen molar-refractivity contribution in [3.05, 3.63) is 36.5 Å². The number of rotatable bonds is 5. The molecule has 0 bridgehead atoms. The Kier molecular flexibility index (Phi) is 6.48. The van der Waals surface area contributed by atoms with Gasteiger partial charge in [-0.3, -0.25) is 9.59 Å². The maximum Gasteiger partial charge on any atom is 0.303 e. The van der Waals surface area contributed by atoms with E-state index in [-0.39, 0.29) is 5.91 Å². The van der Waals surface area contributed by atoms with E-state index < -0.39 is 11.6 Å². The van der Waals surface area contributed by atoms with Gasteiger partial charge in [-0.25, -0.2) is 4.98 Å². The maximum atomic E-state index is 12.8. The van der Waals surface area contributed by atoms with Crippen molar-refractivity contribution in [1.29, 1.82) is 0 Å². The summed E-state index contributed by atoms with van der Waals surface area (Å²) in [7, 11) is 0. The Bertz CT molecular complexity index is 1240. The summed E-state index contributed by atoms with van der Waals surface area (Å²) in [5, 5.41) is 4.75. The minimum atomic E-state index is -1.19. The number of benzene rings is 1. The third-order valence-corrected chi connectivity index (χ3v) is 6.53. The number of piperazine rings is 1. The summed E-state index contributed by atoms with van der Waals surface area (Å²) in [5.74, 6) is 0.421. The lowest BCUT2D eigenvalue weighted by atomic mass is 10.1. The maximum absolute atomic E-state index is 12.8. The molecule has 1 aromatic carbocycles. The molecule has 0 saturated carbocycles. The van der Waals surface area contributed by atoms with Gasteiger partial charge in [0.25, 0.3) is 11.7 Å². The van der Waals surface area contributed by atoms with Gasteiger partial charge in [-0.1, -0.05) is 12.1 Å². The number of fused-ring (bicyclic) bond motifs is 1. The molecule has 3 aromatic rings. The predicted octanol–water partition coefficient (Wildman–Crippen LogP) is 1.62. The Morgan fingerprint density at radius 2 is 1.64 bits per heavy atom. The van der Waals surface area contributed by atoms with E-state index in [4.69, 9.17) is 14.6 Å². The van der Waals surface area contributed by atoms with Gasteiger partial charge in [0, 0.05) is 63.6 Å². The normalized spacial score (nSPS) is 16.9. The molecule has 36 heavy (non-hydrogen) atoms. The molecule has 190 valence electrons. The standard InChI is InChI=1S/C25H31N7O4/c1-18(33)36-25(2,3)22(34)30-10-12-31(13-11-30)24-27-23-26-9-8-21(32(23)28-24)19-4-6-20(7-5-19)29-14-16-35-17-15-29/h4-9H,10-17H2,1-3H3. The molecule has 0 unspecified atom stereocenters. The van der Waals surface area contributed by atoms with E-state index in [0.717, 1.165) is 37.6 Å². The van der Waals surface area contributed by atoms with Crippen molar-refractivity contribution in [3.63, 3.8) is 0 Å². The third kappa shape index (κ3) is 4.83. The van der Waals surface area contributed by atoms with Crippen LogP contribution in [0.15, 0.2) is 36.5 Å². The summed E-state index contributed by atoms with van der Waals surface area (Å²) in [5.41, 5.74) is 1.92. The number of hydrogen-bond donors (Lipinski definition) is 0. The number of morpholine rings is 1. The molecule has 0 spiro atoms. The second kappa shape index (κ2) is 9.73. The molecule has 2 fully saturated rings. The zero-order valence-electron chi connectivity index (χ0n) is 20.9. The van der Waals surface area contributed by atoms with Crippen LogP contribution in [0.1, 0.15) is 20.8 Å². The molecule has 11 nitrogen and oxygen atoms in total. The average Bonchev–Trinajstić information content (AvgIpc) is 3.33. The Hall–Kier alpha value is -3.73. The predicted molar refractivity (Wildman–Crippen MR) is 134 cm³/mol. The van der Waals surface area contributed by atoms with Crippen LogP contribution in [0.25, 0.3) is 17.0 Å². The first-order valence-electron chi connectivity index (χ1n) is 12.2. The Morgan fingerprint density at radius 3 is 2.31 bits per heavy atom. The van der Waals surface area contributed by atoms with E-state index in [0.29, 0.717) is 37.9 Å². The number of hydrogen-bond acceptors (Lipinski definition) is 9. The van der Waals surface area contributed by atoms with E-state index >= 15 is 0 Å². The van der Waals surface area contributed by atoms with E-state index in [9.17, 15) is 9.59 Å². The number of amides is 1. The molecule has 2 aromatic heterocycles. The quantitative estimate of drug-likeness (QED) is 0.490. The van der Waals surface area contributed by atoms with Gasteiger partial charge in [0.2, 0.25) is 5.95 Å². The van der Waals surface area contributed by atoms with Crippen molar-refractivity contribution >= 4 is 29.3 Å². The van der Waals surface area contributed by atoms with Gasteiger partial charge >= 0.3 is 5.97 Å². The molecule has 1 amide bonds.